The number of benzene rings is 7. The second kappa shape index (κ2) is 13.0. The van der Waals surface area contributed by atoms with Gasteiger partial charge >= 0.3 is 0 Å². The SMILES string of the molecule is c1ccc(-c2cc(-c3cccc(-n4c5ccc(-c6cccc7c8ccccc8n(-c8ccccc8)c67)cc5c5cccnc54)c3)nc(-c3ccccc3)n2)cc1. The van der Waals surface area contributed by atoms with E-state index in [0.29, 0.717) is 5.82 Å². The van der Waals surface area contributed by atoms with E-state index in [1.54, 1.807) is 0 Å². The van der Waals surface area contributed by atoms with Crippen molar-refractivity contribution in [3.05, 3.63) is 200 Å². The maximum Gasteiger partial charge on any atom is 0.160 e. The third-order valence-electron chi connectivity index (χ3n) is 10.8. The summed E-state index contributed by atoms with van der Waals surface area (Å²) in [6.45, 7) is 0. The summed E-state index contributed by atoms with van der Waals surface area (Å²) in [7, 11) is 0. The molecule has 0 radical (unpaired) electrons. The fourth-order valence-electron chi connectivity index (χ4n) is 8.24. The summed E-state index contributed by atoms with van der Waals surface area (Å²) in [5, 5.41) is 4.73. The van der Waals surface area contributed by atoms with Crippen molar-refractivity contribution in [1.29, 1.82) is 0 Å². The second-order valence-corrected chi connectivity index (χ2v) is 14.1. The lowest BCUT2D eigenvalue weighted by Crippen LogP contribution is -1.98. The van der Waals surface area contributed by atoms with Crippen molar-refractivity contribution >= 4 is 43.7 Å². The van der Waals surface area contributed by atoms with Gasteiger partial charge in [-0.25, -0.2) is 15.0 Å². The zero-order valence-corrected chi connectivity index (χ0v) is 30.3. The predicted octanol–water partition coefficient (Wildman–Crippen LogP) is 12.7. The highest BCUT2D eigenvalue weighted by Crippen LogP contribution is 2.41. The zero-order chi connectivity index (χ0) is 37.0. The molecular formula is C51H33N5. The standard InChI is InChI=1S/C51H33N5/c1-4-15-34(16-5-1)45-33-46(54-50(53-45)35-17-6-2-7-18-35)37-19-12-22-39(31-37)56-48-29-28-36(32-44(48)43-26-14-30-52-51(43)56)40-24-13-25-42-41-23-10-11-27-47(41)55(49(40)42)38-20-8-3-9-21-38/h1-33H. The third-order valence-corrected chi connectivity index (χ3v) is 10.8. The molecule has 0 spiro atoms. The first kappa shape index (κ1) is 31.9. The number of aromatic nitrogens is 5. The van der Waals surface area contributed by atoms with Gasteiger partial charge in [0.1, 0.15) is 5.65 Å². The number of para-hydroxylation sites is 3. The normalized spacial score (nSPS) is 11.6. The van der Waals surface area contributed by atoms with E-state index in [9.17, 15) is 0 Å². The Morgan fingerprint density at radius 1 is 0.357 bits per heavy atom. The van der Waals surface area contributed by atoms with Crippen LogP contribution in [0.1, 0.15) is 0 Å². The molecule has 5 nitrogen and oxygen atoms in total. The van der Waals surface area contributed by atoms with Crippen LogP contribution < -0.4 is 0 Å². The maximum absolute atomic E-state index is 5.12. The minimum atomic E-state index is 0.694. The molecule has 7 aromatic carbocycles. The zero-order valence-electron chi connectivity index (χ0n) is 30.3. The Morgan fingerprint density at radius 3 is 1.80 bits per heavy atom. The van der Waals surface area contributed by atoms with E-state index in [2.05, 4.69) is 161 Å². The van der Waals surface area contributed by atoms with Crippen molar-refractivity contribution in [1.82, 2.24) is 24.1 Å². The summed E-state index contributed by atoms with van der Waals surface area (Å²) in [6, 6.07) is 68.3. The fraction of sp³-hybridized carbons (Fsp3) is 0. The van der Waals surface area contributed by atoms with E-state index >= 15 is 0 Å². The molecule has 11 aromatic rings. The van der Waals surface area contributed by atoms with Gasteiger partial charge in [0.15, 0.2) is 5.82 Å². The maximum atomic E-state index is 5.12. The first-order valence-electron chi connectivity index (χ1n) is 18.9. The summed E-state index contributed by atoms with van der Waals surface area (Å²) in [4.78, 5) is 15.1. The van der Waals surface area contributed by atoms with Gasteiger partial charge < -0.3 is 4.57 Å². The van der Waals surface area contributed by atoms with Gasteiger partial charge in [0.25, 0.3) is 0 Å². The number of nitrogens with zero attached hydrogens (tertiary/aromatic N) is 5. The average Bonchev–Trinajstić information content (AvgIpc) is 3.80. The number of pyridine rings is 1. The molecule has 0 amide bonds. The molecule has 0 N–H and O–H groups in total. The Kier molecular flexibility index (Phi) is 7.42. The molecule has 0 aliphatic heterocycles. The van der Waals surface area contributed by atoms with Gasteiger partial charge in [0.05, 0.1) is 27.9 Å². The summed E-state index contributed by atoms with van der Waals surface area (Å²) >= 11 is 0. The molecule has 0 unspecified atom stereocenters. The number of hydrogen-bond donors (Lipinski definition) is 0. The largest absolute Gasteiger partial charge is 0.309 e. The Labute approximate surface area is 323 Å². The lowest BCUT2D eigenvalue weighted by Gasteiger charge is -2.13. The van der Waals surface area contributed by atoms with Crippen molar-refractivity contribution < 1.29 is 0 Å². The topological polar surface area (TPSA) is 48.5 Å². The van der Waals surface area contributed by atoms with Crippen LogP contribution in [0.5, 0.6) is 0 Å². The Balaban J connectivity index is 1.09. The molecule has 5 heteroatoms. The van der Waals surface area contributed by atoms with Crippen LogP contribution in [0.4, 0.5) is 0 Å². The number of rotatable bonds is 6. The van der Waals surface area contributed by atoms with E-state index < -0.39 is 0 Å². The van der Waals surface area contributed by atoms with Crippen LogP contribution in [0, 0.1) is 0 Å². The Hall–Kier alpha value is -7.63. The summed E-state index contributed by atoms with van der Waals surface area (Å²) in [5.41, 5.74) is 13.7. The molecule has 0 aliphatic carbocycles. The van der Waals surface area contributed by atoms with Gasteiger partial charge in [-0.2, -0.15) is 0 Å². The van der Waals surface area contributed by atoms with Gasteiger partial charge in [0, 0.05) is 61.4 Å². The molecule has 262 valence electrons. The van der Waals surface area contributed by atoms with Crippen molar-refractivity contribution in [2.75, 3.05) is 0 Å². The molecule has 0 saturated heterocycles. The minimum Gasteiger partial charge on any atom is -0.309 e. The number of fused-ring (bicyclic) bond motifs is 6. The molecule has 0 aliphatic rings. The van der Waals surface area contributed by atoms with Crippen LogP contribution in [0.15, 0.2) is 200 Å². The van der Waals surface area contributed by atoms with Crippen LogP contribution in [0.2, 0.25) is 0 Å². The van der Waals surface area contributed by atoms with Crippen LogP contribution in [0.3, 0.4) is 0 Å². The third kappa shape index (κ3) is 5.21. The first-order valence-corrected chi connectivity index (χ1v) is 18.9. The smallest absolute Gasteiger partial charge is 0.160 e. The highest BCUT2D eigenvalue weighted by atomic mass is 15.0. The van der Waals surface area contributed by atoms with Crippen LogP contribution in [-0.2, 0) is 0 Å². The second-order valence-electron chi connectivity index (χ2n) is 14.1. The van der Waals surface area contributed by atoms with Crippen molar-refractivity contribution in [3.8, 4) is 56.4 Å². The molecular weight excluding hydrogens is 683 g/mol. The molecule has 0 atom stereocenters. The molecule has 4 heterocycles. The quantitative estimate of drug-likeness (QED) is 0.172. The van der Waals surface area contributed by atoms with Gasteiger partial charge in [-0.3, -0.25) is 4.57 Å². The van der Waals surface area contributed by atoms with Gasteiger partial charge in [0.2, 0.25) is 0 Å². The van der Waals surface area contributed by atoms with Crippen LogP contribution in [0.25, 0.3) is 100 Å². The summed E-state index contributed by atoms with van der Waals surface area (Å²) in [5.74, 6) is 0.694. The van der Waals surface area contributed by atoms with E-state index in [-0.39, 0.29) is 0 Å². The van der Waals surface area contributed by atoms with Gasteiger partial charge in [-0.05, 0) is 66.2 Å². The lowest BCUT2D eigenvalue weighted by atomic mass is 10.00. The van der Waals surface area contributed by atoms with Gasteiger partial charge in [-0.15, -0.1) is 0 Å². The monoisotopic (exact) mass is 715 g/mol. The van der Waals surface area contributed by atoms with Crippen molar-refractivity contribution in [3.63, 3.8) is 0 Å². The van der Waals surface area contributed by atoms with Crippen LogP contribution >= 0.6 is 0 Å². The van der Waals surface area contributed by atoms with E-state index in [0.717, 1.165) is 67.0 Å². The molecule has 0 fully saturated rings. The van der Waals surface area contributed by atoms with Crippen LogP contribution in [-0.4, -0.2) is 24.1 Å². The average molecular weight is 716 g/mol. The Morgan fingerprint density at radius 2 is 0.982 bits per heavy atom. The van der Waals surface area contributed by atoms with Crippen molar-refractivity contribution in [2.24, 2.45) is 0 Å². The van der Waals surface area contributed by atoms with Crippen molar-refractivity contribution in [2.45, 2.75) is 0 Å². The highest BCUT2D eigenvalue weighted by Gasteiger charge is 2.19. The molecule has 56 heavy (non-hydrogen) atoms. The number of hydrogen-bond acceptors (Lipinski definition) is 3. The lowest BCUT2D eigenvalue weighted by molar-refractivity contribution is 1.13. The van der Waals surface area contributed by atoms with E-state index in [1.807, 2.05) is 48.7 Å². The molecule has 4 aromatic heterocycles. The van der Waals surface area contributed by atoms with E-state index in [1.165, 1.54) is 27.4 Å². The predicted molar refractivity (Wildman–Crippen MR) is 230 cm³/mol. The summed E-state index contributed by atoms with van der Waals surface area (Å²) in [6.07, 6.45) is 1.88. The molecule has 0 bridgehead atoms. The molecule has 11 rings (SSSR count). The highest BCUT2D eigenvalue weighted by molar-refractivity contribution is 6.15. The van der Waals surface area contributed by atoms with E-state index in [4.69, 9.17) is 15.0 Å². The fourth-order valence-corrected chi connectivity index (χ4v) is 8.24. The molecule has 0 saturated carbocycles. The summed E-state index contributed by atoms with van der Waals surface area (Å²) < 4.78 is 4.68. The van der Waals surface area contributed by atoms with Gasteiger partial charge in [-0.1, -0.05) is 133 Å². The first-order chi connectivity index (χ1) is 27.8. The Bertz CT molecular complexity index is 3180. The minimum absolute atomic E-state index is 0.694.